The maximum absolute atomic E-state index is 6.00. The van der Waals surface area contributed by atoms with E-state index in [-0.39, 0.29) is 0 Å². The van der Waals surface area contributed by atoms with Crippen molar-refractivity contribution in [2.45, 2.75) is 0 Å². The van der Waals surface area contributed by atoms with Crippen molar-refractivity contribution >= 4 is 45.2 Å². The first-order valence-corrected chi connectivity index (χ1v) is 3.79. The fourth-order valence-corrected chi connectivity index (χ4v) is 0. The van der Waals surface area contributed by atoms with Crippen LogP contribution in [0.15, 0.2) is 0 Å². The zero-order valence-corrected chi connectivity index (χ0v) is 6.67. The van der Waals surface area contributed by atoms with Gasteiger partial charge in [-0.2, -0.15) is 0 Å². The van der Waals surface area contributed by atoms with E-state index in [1.807, 2.05) is 0 Å². The highest BCUT2D eigenvalue weighted by atomic mass is 127. The molecule has 0 aromatic heterocycles. The lowest BCUT2D eigenvalue weighted by atomic mass is 12.0. The summed E-state index contributed by atoms with van der Waals surface area (Å²) in [4.78, 5) is 0. The van der Waals surface area contributed by atoms with Gasteiger partial charge in [0.25, 0.3) is 0 Å². The molecule has 5 heavy (non-hydrogen) atoms. The average Bonchev–Trinajstić information content (AvgIpc) is 1.46. The van der Waals surface area contributed by atoms with Gasteiger partial charge in [0.05, 0.1) is 2.43 Å². The van der Waals surface area contributed by atoms with Gasteiger partial charge in [-0.1, -0.05) is 45.2 Å². The van der Waals surface area contributed by atoms with Gasteiger partial charge < -0.3 is 0 Å². The number of hydrogen-bond donors (Lipinski definition) is 0. The van der Waals surface area contributed by atoms with E-state index in [9.17, 15) is 0 Å². The Labute approximate surface area is 58.0 Å². The molecule has 0 aromatic rings. The topological polar surface area (TPSA) is 47.6 Å². The molecule has 0 atom stereocenters. The van der Waals surface area contributed by atoms with Gasteiger partial charge in [0.15, 0.2) is 0 Å². The molecular formula is CH2I2N2. The van der Waals surface area contributed by atoms with Crippen LogP contribution in [0.3, 0.4) is 0 Å². The maximum Gasteiger partial charge on any atom is 0.0516 e. The Bertz CT molecular complexity index is 18.9. The summed E-state index contributed by atoms with van der Waals surface area (Å²) in [6.07, 6.45) is 0. The Balaban J connectivity index is 0. The van der Waals surface area contributed by atoms with Crippen molar-refractivity contribution in [2.24, 2.45) is 0 Å². The summed E-state index contributed by atoms with van der Waals surface area (Å²) in [7, 11) is 0. The van der Waals surface area contributed by atoms with Crippen LogP contribution in [-0.2, 0) is 0 Å². The summed E-state index contributed by atoms with van der Waals surface area (Å²) in [6.45, 7) is 0. The number of alkyl halides is 2. The molecule has 0 aliphatic rings. The Hall–Kier alpha value is 0.880. The first-order chi connectivity index (χ1) is 2.41. The molecule has 30 valence electrons. The van der Waals surface area contributed by atoms with Gasteiger partial charge in [-0.3, -0.25) is 0 Å². The van der Waals surface area contributed by atoms with Crippen LogP contribution in [0.25, 0.3) is 0 Å². The second-order valence-electron chi connectivity index (χ2n) is 0.101. The molecule has 0 rings (SSSR count). The Morgan fingerprint density at radius 1 is 1.20 bits per heavy atom. The molecule has 0 fully saturated rings. The molecule has 4 heteroatoms. The van der Waals surface area contributed by atoms with E-state index in [0.29, 0.717) is 0 Å². The molecule has 0 spiro atoms. The zero-order chi connectivity index (χ0) is 4.71. The third-order valence-electron chi connectivity index (χ3n) is 0. The number of rotatable bonds is 0. The molecule has 0 saturated carbocycles. The van der Waals surface area contributed by atoms with Gasteiger partial charge in [-0.15, -0.1) is 0 Å². The predicted molar refractivity (Wildman–Crippen MR) is 36.4 cm³/mol. The number of halogens is 2. The highest BCUT2D eigenvalue weighted by molar-refractivity contribution is 14.2. The molecule has 0 amide bonds. The second-order valence-corrected chi connectivity index (χ2v) is 4.55. The summed E-state index contributed by atoms with van der Waals surface area (Å²) in [5.41, 5.74) is 0. The van der Waals surface area contributed by atoms with Crippen molar-refractivity contribution in [1.82, 2.24) is 0 Å². The van der Waals surface area contributed by atoms with Crippen LogP contribution in [0.4, 0.5) is 0 Å². The molecule has 0 radical (unpaired) electrons. The first kappa shape index (κ1) is 9.30. The molecule has 0 N–H and O–H groups in total. The van der Waals surface area contributed by atoms with Crippen LogP contribution in [0.1, 0.15) is 0 Å². The van der Waals surface area contributed by atoms with Crippen molar-refractivity contribution < 1.29 is 0 Å². The highest BCUT2D eigenvalue weighted by Gasteiger charge is 1.40. The van der Waals surface area contributed by atoms with Crippen molar-refractivity contribution in [2.75, 3.05) is 2.43 Å². The SMILES string of the molecule is ICI.N#N. The van der Waals surface area contributed by atoms with E-state index in [1.165, 1.54) is 2.43 Å². The quantitative estimate of drug-likeness (QED) is 0.389. The minimum absolute atomic E-state index is 1.19. The van der Waals surface area contributed by atoms with E-state index < -0.39 is 0 Å². The lowest BCUT2D eigenvalue weighted by Gasteiger charge is -1.43. The molecule has 0 saturated heterocycles. The zero-order valence-electron chi connectivity index (χ0n) is 2.36. The van der Waals surface area contributed by atoms with E-state index in [0.717, 1.165) is 0 Å². The third-order valence-corrected chi connectivity index (χ3v) is 0. The minimum Gasteiger partial charge on any atom is -0.0748 e. The summed E-state index contributed by atoms with van der Waals surface area (Å²) < 4.78 is 1.19. The summed E-state index contributed by atoms with van der Waals surface area (Å²) in [5.74, 6) is 0. The lowest BCUT2D eigenvalue weighted by Crippen LogP contribution is -1.17. The Morgan fingerprint density at radius 2 is 1.20 bits per heavy atom. The van der Waals surface area contributed by atoms with Gasteiger partial charge in [0, 0.05) is 10.8 Å². The smallest absolute Gasteiger partial charge is 0.0516 e. The van der Waals surface area contributed by atoms with Gasteiger partial charge in [-0.05, 0) is 0 Å². The van der Waals surface area contributed by atoms with Gasteiger partial charge >= 0.3 is 0 Å². The van der Waals surface area contributed by atoms with Crippen LogP contribution in [-0.4, -0.2) is 2.43 Å². The van der Waals surface area contributed by atoms with Crippen LogP contribution in [0.5, 0.6) is 0 Å². The maximum atomic E-state index is 6.00. The third kappa shape index (κ3) is 52.3. The number of hydrogen-bond acceptors (Lipinski definition) is 2. The highest BCUT2D eigenvalue weighted by Crippen LogP contribution is 1.86. The fraction of sp³-hybridized carbons (Fsp3) is 1.00. The largest absolute Gasteiger partial charge is 0.0748 e. The summed E-state index contributed by atoms with van der Waals surface area (Å²) in [5, 5.41) is 12.0. The molecule has 0 bridgehead atoms. The van der Waals surface area contributed by atoms with E-state index in [2.05, 4.69) is 45.2 Å². The van der Waals surface area contributed by atoms with Crippen molar-refractivity contribution in [3.05, 3.63) is 0 Å². The molecule has 0 aliphatic carbocycles. The van der Waals surface area contributed by atoms with Crippen molar-refractivity contribution in [1.29, 1.82) is 10.8 Å². The van der Waals surface area contributed by atoms with Crippen LogP contribution in [0, 0.1) is 10.8 Å². The standard InChI is InChI=1S/CH2I2.N2/c2-1-3;1-2/h1H2;. The summed E-state index contributed by atoms with van der Waals surface area (Å²) >= 11 is 4.55. The van der Waals surface area contributed by atoms with Gasteiger partial charge in [0.1, 0.15) is 0 Å². The second kappa shape index (κ2) is 20.8. The molecule has 0 heterocycles. The van der Waals surface area contributed by atoms with Crippen molar-refractivity contribution in [3.8, 4) is 0 Å². The average molecular weight is 296 g/mol. The summed E-state index contributed by atoms with van der Waals surface area (Å²) in [6, 6.07) is 0. The lowest BCUT2D eigenvalue weighted by molar-refractivity contribution is 1.15. The first-order valence-electron chi connectivity index (χ1n) is 0.735. The molecule has 0 aromatic carbocycles. The van der Waals surface area contributed by atoms with E-state index >= 15 is 0 Å². The van der Waals surface area contributed by atoms with Gasteiger partial charge in [0.2, 0.25) is 0 Å². The van der Waals surface area contributed by atoms with Crippen LogP contribution >= 0.6 is 45.2 Å². The molecule has 2 nitrogen and oxygen atoms in total. The molecular weight excluding hydrogens is 294 g/mol. The monoisotopic (exact) mass is 296 g/mol. The minimum atomic E-state index is 1.19. The van der Waals surface area contributed by atoms with Crippen molar-refractivity contribution in [3.63, 3.8) is 0 Å². The fourth-order valence-electron chi connectivity index (χ4n) is 0. The molecule has 0 unspecified atom stereocenters. The number of nitrogens with zero attached hydrogens (tertiary/aromatic N) is 2. The van der Waals surface area contributed by atoms with Crippen LogP contribution in [0.2, 0.25) is 0 Å². The van der Waals surface area contributed by atoms with E-state index in [4.69, 9.17) is 10.8 Å². The normalized spacial score (nSPS) is 4.00. The van der Waals surface area contributed by atoms with Crippen LogP contribution < -0.4 is 0 Å². The van der Waals surface area contributed by atoms with E-state index in [1.54, 1.807) is 0 Å². The Morgan fingerprint density at radius 3 is 1.20 bits per heavy atom. The molecule has 0 aliphatic heterocycles. The Kier molecular flexibility index (Phi) is 38.7. The van der Waals surface area contributed by atoms with Gasteiger partial charge in [-0.25, -0.2) is 0 Å². The predicted octanol–water partition coefficient (Wildman–Crippen LogP) is 1.84.